The molecule has 3 nitrogen and oxygen atoms in total. The largest absolute Gasteiger partial charge is 0.460 e. The summed E-state index contributed by atoms with van der Waals surface area (Å²) in [5.41, 5.74) is 0.146. The third kappa shape index (κ3) is 5.02. The molecular formula is C11H20O3. The number of carbonyl (C=O) groups is 1. The van der Waals surface area contributed by atoms with E-state index in [1.807, 2.05) is 13.8 Å². The summed E-state index contributed by atoms with van der Waals surface area (Å²) in [6, 6.07) is 0. The van der Waals surface area contributed by atoms with Gasteiger partial charge in [0.25, 0.3) is 0 Å². The predicted molar refractivity (Wildman–Crippen MR) is 55.8 cm³/mol. The molecule has 0 bridgehead atoms. The summed E-state index contributed by atoms with van der Waals surface area (Å²) in [5, 5.41) is 9.57. The summed E-state index contributed by atoms with van der Waals surface area (Å²) in [4.78, 5) is 11.3. The Morgan fingerprint density at radius 2 is 1.86 bits per heavy atom. The molecule has 1 atom stereocenters. The zero-order chi connectivity index (χ0) is 11.3. The van der Waals surface area contributed by atoms with Gasteiger partial charge in [0.05, 0.1) is 17.8 Å². The molecule has 0 aliphatic carbocycles. The number of esters is 1. The second kappa shape index (κ2) is 5.81. The predicted octanol–water partition coefficient (Wildman–Crippen LogP) is 1.90. The third-order valence-corrected chi connectivity index (χ3v) is 1.70. The van der Waals surface area contributed by atoms with Gasteiger partial charge in [0.15, 0.2) is 0 Å². The van der Waals surface area contributed by atoms with Crippen LogP contribution in [0, 0.1) is 5.92 Å². The first-order valence-electron chi connectivity index (χ1n) is 4.92. The van der Waals surface area contributed by atoms with Crippen LogP contribution in [0.15, 0.2) is 12.2 Å². The molecule has 0 aromatic carbocycles. The second-order valence-corrected chi connectivity index (χ2v) is 4.12. The van der Waals surface area contributed by atoms with Crippen molar-refractivity contribution in [1.82, 2.24) is 0 Å². The Hall–Kier alpha value is -0.830. The Labute approximate surface area is 85.8 Å². The Morgan fingerprint density at radius 1 is 1.36 bits per heavy atom. The van der Waals surface area contributed by atoms with E-state index in [1.165, 1.54) is 0 Å². The SMILES string of the molecule is C=C(C(=O)OC(C)C)C(O)CC(C)C. The van der Waals surface area contributed by atoms with Crippen molar-refractivity contribution >= 4 is 5.97 Å². The van der Waals surface area contributed by atoms with E-state index < -0.39 is 12.1 Å². The Bertz CT molecular complexity index is 207. The molecule has 1 unspecified atom stereocenters. The number of ether oxygens (including phenoxy) is 1. The van der Waals surface area contributed by atoms with E-state index in [4.69, 9.17) is 4.74 Å². The number of aliphatic hydroxyl groups is 1. The van der Waals surface area contributed by atoms with E-state index in [0.29, 0.717) is 12.3 Å². The number of rotatable bonds is 5. The second-order valence-electron chi connectivity index (χ2n) is 4.12. The van der Waals surface area contributed by atoms with Crippen molar-refractivity contribution in [2.24, 2.45) is 5.92 Å². The molecule has 0 aromatic heterocycles. The van der Waals surface area contributed by atoms with Gasteiger partial charge in [-0.15, -0.1) is 0 Å². The standard InChI is InChI=1S/C11H20O3/c1-7(2)6-10(12)9(5)11(13)14-8(3)4/h7-8,10,12H,5-6H2,1-4H3. The van der Waals surface area contributed by atoms with Gasteiger partial charge in [-0.25, -0.2) is 4.79 Å². The average Bonchev–Trinajstić information content (AvgIpc) is 2.00. The van der Waals surface area contributed by atoms with Crippen molar-refractivity contribution in [3.63, 3.8) is 0 Å². The molecule has 1 N–H and O–H groups in total. The molecule has 0 rings (SSSR count). The Balaban J connectivity index is 4.11. The van der Waals surface area contributed by atoms with Gasteiger partial charge in [-0.1, -0.05) is 20.4 Å². The van der Waals surface area contributed by atoms with E-state index in [-0.39, 0.29) is 11.7 Å². The fraction of sp³-hybridized carbons (Fsp3) is 0.727. The summed E-state index contributed by atoms with van der Waals surface area (Å²) < 4.78 is 4.92. The average molecular weight is 200 g/mol. The third-order valence-electron chi connectivity index (χ3n) is 1.70. The van der Waals surface area contributed by atoms with Crippen LogP contribution in [0.2, 0.25) is 0 Å². The van der Waals surface area contributed by atoms with E-state index >= 15 is 0 Å². The summed E-state index contributed by atoms with van der Waals surface area (Å²) in [6.07, 6.45) is -0.432. The quantitative estimate of drug-likeness (QED) is 0.544. The zero-order valence-electron chi connectivity index (χ0n) is 9.41. The van der Waals surface area contributed by atoms with Gasteiger partial charge >= 0.3 is 5.97 Å². The maximum atomic E-state index is 11.3. The highest BCUT2D eigenvalue weighted by atomic mass is 16.5. The van der Waals surface area contributed by atoms with Gasteiger partial charge in [-0.05, 0) is 26.2 Å². The summed E-state index contributed by atoms with van der Waals surface area (Å²) >= 11 is 0. The van der Waals surface area contributed by atoms with Crippen molar-refractivity contribution in [1.29, 1.82) is 0 Å². The lowest BCUT2D eigenvalue weighted by molar-refractivity contribution is -0.143. The van der Waals surface area contributed by atoms with E-state index in [9.17, 15) is 9.90 Å². The summed E-state index contributed by atoms with van der Waals surface area (Å²) in [7, 11) is 0. The molecule has 0 aromatic rings. The van der Waals surface area contributed by atoms with E-state index in [2.05, 4.69) is 6.58 Å². The Kier molecular flexibility index (Phi) is 5.46. The molecule has 14 heavy (non-hydrogen) atoms. The van der Waals surface area contributed by atoms with Crippen LogP contribution in [0.4, 0.5) is 0 Å². The lowest BCUT2D eigenvalue weighted by atomic mass is 10.0. The molecule has 0 saturated heterocycles. The summed E-state index contributed by atoms with van der Waals surface area (Å²) in [6.45, 7) is 11.0. The highest BCUT2D eigenvalue weighted by molar-refractivity contribution is 5.88. The number of hydrogen-bond donors (Lipinski definition) is 1. The number of hydrogen-bond acceptors (Lipinski definition) is 3. The first-order valence-corrected chi connectivity index (χ1v) is 4.92. The van der Waals surface area contributed by atoms with Crippen LogP contribution >= 0.6 is 0 Å². The minimum absolute atomic E-state index is 0.146. The van der Waals surface area contributed by atoms with Crippen molar-refractivity contribution in [2.45, 2.75) is 46.3 Å². The van der Waals surface area contributed by atoms with Crippen LogP contribution in [0.3, 0.4) is 0 Å². The molecule has 0 aliphatic rings. The van der Waals surface area contributed by atoms with Crippen LogP contribution in [-0.2, 0) is 9.53 Å². The molecular weight excluding hydrogens is 180 g/mol. The van der Waals surface area contributed by atoms with Crippen LogP contribution in [-0.4, -0.2) is 23.3 Å². The number of carbonyl (C=O) groups excluding carboxylic acids is 1. The van der Waals surface area contributed by atoms with Crippen molar-refractivity contribution < 1.29 is 14.6 Å². The molecule has 0 saturated carbocycles. The maximum Gasteiger partial charge on any atom is 0.336 e. The minimum atomic E-state index is -0.791. The molecule has 82 valence electrons. The van der Waals surface area contributed by atoms with Crippen LogP contribution in [0.25, 0.3) is 0 Å². The maximum absolute atomic E-state index is 11.3. The molecule has 0 aliphatic heterocycles. The van der Waals surface area contributed by atoms with Crippen LogP contribution < -0.4 is 0 Å². The lowest BCUT2D eigenvalue weighted by Gasteiger charge is -2.16. The normalized spacial score (nSPS) is 13.1. The fourth-order valence-electron chi connectivity index (χ4n) is 1.01. The highest BCUT2D eigenvalue weighted by Gasteiger charge is 2.19. The zero-order valence-corrected chi connectivity index (χ0v) is 9.41. The number of aliphatic hydroxyl groups excluding tert-OH is 1. The minimum Gasteiger partial charge on any atom is -0.460 e. The van der Waals surface area contributed by atoms with E-state index in [0.717, 1.165) is 0 Å². The molecule has 0 spiro atoms. The molecule has 0 fully saturated rings. The van der Waals surface area contributed by atoms with Gasteiger partial charge in [0.2, 0.25) is 0 Å². The monoisotopic (exact) mass is 200 g/mol. The molecule has 3 heteroatoms. The first-order chi connectivity index (χ1) is 6.34. The van der Waals surface area contributed by atoms with Crippen LogP contribution in [0.5, 0.6) is 0 Å². The smallest absolute Gasteiger partial charge is 0.336 e. The highest BCUT2D eigenvalue weighted by Crippen LogP contribution is 2.13. The van der Waals surface area contributed by atoms with Gasteiger partial charge in [-0.2, -0.15) is 0 Å². The van der Waals surface area contributed by atoms with Gasteiger partial charge in [0, 0.05) is 0 Å². The van der Waals surface area contributed by atoms with Crippen molar-refractivity contribution in [3.8, 4) is 0 Å². The van der Waals surface area contributed by atoms with Gasteiger partial charge in [-0.3, -0.25) is 0 Å². The van der Waals surface area contributed by atoms with Crippen LogP contribution in [0.1, 0.15) is 34.1 Å². The van der Waals surface area contributed by atoms with E-state index in [1.54, 1.807) is 13.8 Å². The first kappa shape index (κ1) is 13.2. The molecule has 0 heterocycles. The Morgan fingerprint density at radius 3 is 2.21 bits per heavy atom. The van der Waals surface area contributed by atoms with Crippen molar-refractivity contribution in [3.05, 3.63) is 12.2 Å². The molecule has 0 radical (unpaired) electrons. The van der Waals surface area contributed by atoms with Crippen molar-refractivity contribution in [2.75, 3.05) is 0 Å². The molecule has 0 amide bonds. The fourth-order valence-corrected chi connectivity index (χ4v) is 1.01. The lowest BCUT2D eigenvalue weighted by Crippen LogP contribution is -2.23. The van der Waals surface area contributed by atoms with Gasteiger partial charge in [0.1, 0.15) is 0 Å². The summed E-state index contributed by atoms with van der Waals surface area (Å²) in [5.74, 6) is -0.179. The van der Waals surface area contributed by atoms with Gasteiger partial charge < -0.3 is 9.84 Å². The topological polar surface area (TPSA) is 46.5 Å².